The average molecular weight is 404 g/mol. The zero-order chi connectivity index (χ0) is 22.4. The molecular formula is C23H33NO5. The Kier molecular flexibility index (Phi) is 12.8. The zero-order valence-corrected chi connectivity index (χ0v) is 18.3. The Morgan fingerprint density at radius 2 is 1.48 bits per heavy atom. The van der Waals surface area contributed by atoms with E-state index in [9.17, 15) is 0 Å². The van der Waals surface area contributed by atoms with E-state index in [2.05, 4.69) is 36.9 Å². The van der Waals surface area contributed by atoms with Crippen LogP contribution in [0, 0.1) is 6.92 Å². The van der Waals surface area contributed by atoms with Gasteiger partial charge in [-0.25, -0.2) is 0 Å². The summed E-state index contributed by atoms with van der Waals surface area (Å²) in [5.41, 5.74) is 10.8. The normalized spacial score (nSPS) is 10.6. The van der Waals surface area contributed by atoms with Crippen LogP contribution in [-0.4, -0.2) is 41.5 Å². The van der Waals surface area contributed by atoms with E-state index >= 15 is 0 Å². The number of aryl methyl sites for hydroxylation is 3. The zero-order valence-electron chi connectivity index (χ0n) is 18.3. The fourth-order valence-corrected chi connectivity index (χ4v) is 3.34. The Labute approximate surface area is 174 Å². The van der Waals surface area contributed by atoms with Gasteiger partial charge in [-0.3, -0.25) is 0 Å². The molecular weight excluding hydrogens is 370 g/mol. The van der Waals surface area contributed by atoms with Crippen LogP contribution in [0.15, 0.2) is 24.3 Å². The molecule has 2 aromatic carbocycles. The minimum atomic E-state index is 0.664. The SMILES string of the molecule is C=O.CC=O.CN.COc1cc2c(c(OC)c1OC)-c1ccc(C)cc1CCC2. The first kappa shape index (κ1) is 26.1. The second-order valence-electron chi connectivity index (χ2n) is 5.93. The highest BCUT2D eigenvalue weighted by atomic mass is 16.5. The molecule has 29 heavy (non-hydrogen) atoms. The summed E-state index contributed by atoms with van der Waals surface area (Å²) < 4.78 is 16.8. The van der Waals surface area contributed by atoms with E-state index in [1.165, 1.54) is 36.2 Å². The van der Waals surface area contributed by atoms with Crippen molar-refractivity contribution in [1.29, 1.82) is 0 Å². The molecule has 0 atom stereocenters. The molecule has 1 aliphatic rings. The Morgan fingerprint density at radius 3 is 2.00 bits per heavy atom. The summed E-state index contributed by atoms with van der Waals surface area (Å²) in [6.07, 6.45) is 3.97. The number of fused-ring (bicyclic) bond motifs is 3. The third-order valence-electron chi connectivity index (χ3n) is 4.33. The van der Waals surface area contributed by atoms with Crippen molar-refractivity contribution in [1.82, 2.24) is 0 Å². The Hall–Kier alpha value is -2.86. The van der Waals surface area contributed by atoms with Gasteiger partial charge in [0.1, 0.15) is 13.1 Å². The van der Waals surface area contributed by atoms with E-state index < -0.39 is 0 Å². The standard InChI is InChI=1S/C19H22O3.C2H4O.CH5N.CH2O/c1-12-8-9-15-13(10-12)6-5-7-14-11-16(20-2)18(21-3)19(22-4)17(14)15;1-2-3;2*1-2/h8-11H,5-7H2,1-4H3;2H,1H3;2H2,1H3;1H2. The van der Waals surface area contributed by atoms with Gasteiger partial charge < -0.3 is 29.5 Å². The van der Waals surface area contributed by atoms with Gasteiger partial charge in [-0.1, -0.05) is 23.8 Å². The number of ether oxygens (including phenoxy) is 3. The summed E-state index contributed by atoms with van der Waals surface area (Å²) in [5, 5.41) is 0. The molecule has 0 heterocycles. The molecule has 160 valence electrons. The Morgan fingerprint density at radius 1 is 0.931 bits per heavy atom. The summed E-state index contributed by atoms with van der Waals surface area (Å²) in [7, 11) is 6.51. The van der Waals surface area contributed by atoms with E-state index in [4.69, 9.17) is 23.8 Å². The molecule has 0 radical (unpaired) electrons. The predicted molar refractivity (Wildman–Crippen MR) is 117 cm³/mol. The lowest BCUT2D eigenvalue weighted by molar-refractivity contribution is -0.106. The van der Waals surface area contributed by atoms with E-state index in [0.29, 0.717) is 5.75 Å². The quantitative estimate of drug-likeness (QED) is 0.785. The number of benzene rings is 2. The first-order valence-corrected chi connectivity index (χ1v) is 9.29. The van der Waals surface area contributed by atoms with Crippen molar-refractivity contribution >= 4 is 13.1 Å². The third kappa shape index (κ3) is 6.32. The molecule has 0 amide bonds. The van der Waals surface area contributed by atoms with Crippen LogP contribution in [0.1, 0.15) is 30.0 Å². The van der Waals surface area contributed by atoms with Crippen LogP contribution < -0.4 is 19.9 Å². The van der Waals surface area contributed by atoms with Crippen LogP contribution in [0.5, 0.6) is 17.2 Å². The van der Waals surface area contributed by atoms with Crippen LogP contribution in [0.2, 0.25) is 0 Å². The maximum absolute atomic E-state index is 8.81. The van der Waals surface area contributed by atoms with Gasteiger partial charge in [-0.2, -0.15) is 0 Å². The molecule has 1 aliphatic carbocycles. The van der Waals surface area contributed by atoms with Crippen molar-refractivity contribution in [2.24, 2.45) is 5.73 Å². The highest BCUT2D eigenvalue weighted by Gasteiger charge is 2.24. The lowest BCUT2D eigenvalue weighted by Crippen LogP contribution is -2.00. The fraction of sp³-hybridized carbons (Fsp3) is 0.391. The third-order valence-corrected chi connectivity index (χ3v) is 4.33. The van der Waals surface area contributed by atoms with Crippen molar-refractivity contribution in [3.05, 3.63) is 41.0 Å². The number of carbonyl (C=O) groups is 2. The second-order valence-corrected chi connectivity index (χ2v) is 5.93. The number of hydrogen-bond acceptors (Lipinski definition) is 6. The first-order chi connectivity index (χ1) is 14.1. The summed E-state index contributed by atoms with van der Waals surface area (Å²) in [5.74, 6) is 2.16. The molecule has 0 fully saturated rings. The lowest BCUT2D eigenvalue weighted by Gasteiger charge is -2.19. The van der Waals surface area contributed by atoms with Crippen LogP contribution in [0.4, 0.5) is 0 Å². The number of nitrogens with two attached hydrogens (primary N) is 1. The molecule has 0 aromatic heterocycles. The van der Waals surface area contributed by atoms with E-state index in [1.54, 1.807) is 21.3 Å². The Bertz CT molecular complexity index is 774. The number of rotatable bonds is 3. The van der Waals surface area contributed by atoms with Gasteiger partial charge in [0.15, 0.2) is 11.5 Å². The van der Waals surface area contributed by atoms with Crippen LogP contribution in [-0.2, 0) is 22.4 Å². The van der Waals surface area contributed by atoms with Crippen molar-refractivity contribution in [3.63, 3.8) is 0 Å². The topological polar surface area (TPSA) is 87.9 Å². The number of hydrogen-bond donors (Lipinski definition) is 1. The number of methoxy groups -OCH3 is 3. The van der Waals surface area contributed by atoms with E-state index in [0.717, 1.165) is 42.6 Å². The van der Waals surface area contributed by atoms with Crippen LogP contribution >= 0.6 is 0 Å². The summed E-state index contributed by atoms with van der Waals surface area (Å²) >= 11 is 0. The minimum absolute atomic E-state index is 0.664. The second kappa shape index (κ2) is 14.2. The van der Waals surface area contributed by atoms with Crippen molar-refractivity contribution < 1.29 is 23.8 Å². The molecule has 0 spiro atoms. The maximum Gasteiger partial charge on any atom is 0.203 e. The van der Waals surface area contributed by atoms with Gasteiger partial charge in [-0.05, 0) is 62.9 Å². The van der Waals surface area contributed by atoms with Gasteiger partial charge >= 0.3 is 0 Å². The number of aldehydes is 1. The lowest BCUT2D eigenvalue weighted by atomic mass is 9.94. The smallest absolute Gasteiger partial charge is 0.203 e. The first-order valence-electron chi connectivity index (χ1n) is 9.29. The highest BCUT2D eigenvalue weighted by molar-refractivity contribution is 5.82. The monoisotopic (exact) mass is 403 g/mol. The van der Waals surface area contributed by atoms with Gasteiger partial charge in [0.25, 0.3) is 0 Å². The van der Waals surface area contributed by atoms with Crippen molar-refractivity contribution in [2.75, 3.05) is 28.4 Å². The highest BCUT2D eigenvalue weighted by Crippen LogP contribution is 2.49. The summed E-state index contributed by atoms with van der Waals surface area (Å²) in [6, 6.07) is 8.72. The van der Waals surface area contributed by atoms with E-state index in [-0.39, 0.29) is 0 Å². The van der Waals surface area contributed by atoms with E-state index in [1.807, 2.05) is 6.79 Å². The van der Waals surface area contributed by atoms with Gasteiger partial charge in [0.2, 0.25) is 5.75 Å². The maximum atomic E-state index is 8.81. The van der Waals surface area contributed by atoms with Crippen LogP contribution in [0.3, 0.4) is 0 Å². The molecule has 0 saturated heterocycles. The van der Waals surface area contributed by atoms with Crippen molar-refractivity contribution in [2.45, 2.75) is 33.1 Å². The van der Waals surface area contributed by atoms with Crippen molar-refractivity contribution in [3.8, 4) is 28.4 Å². The summed E-state index contributed by atoms with van der Waals surface area (Å²) in [4.78, 5) is 16.8. The summed E-state index contributed by atoms with van der Waals surface area (Å²) in [6.45, 7) is 5.58. The molecule has 3 rings (SSSR count). The van der Waals surface area contributed by atoms with Gasteiger partial charge in [0.05, 0.1) is 21.3 Å². The van der Waals surface area contributed by atoms with Gasteiger partial charge in [-0.15, -0.1) is 0 Å². The average Bonchev–Trinajstić information content (AvgIpc) is 2.94. The molecule has 0 unspecified atom stereocenters. The molecule has 6 nitrogen and oxygen atoms in total. The molecule has 2 N–H and O–H groups in total. The van der Waals surface area contributed by atoms with Gasteiger partial charge in [0, 0.05) is 5.56 Å². The molecule has 6 heteroatoms. The molecule has 0 saturated carbocycles. The largest absolute Gasteiger partial charge is 0.493 e. The number of carbonyl (C=O) groups excluding carboxylic acids is 2. The minimum Gasteiger partial charge on any atom is -0.493 e. The molecule has 0 bridgehead atoms. The predicted octanol–water partition coefficient (Wildman–Crippen LogP) is 3.77. The fourth-order valence-electron chi connectivity index (χ4n) is 3.34. The van der Waals surface area contributed by atoms with Crippen LogP contribution in [0.25, 0.3) is 11.1 Å². The molecule has 2 aromatic rings. The Balaban J connectivity index is 0.00000100. The molecule has 0 aliphatic heterocycles.